The first-order valence-electron chi connectivity index (χ1n) is 6.36. The van der Waals surface area contributed by atoms with Crippen molar-refractivity contribution in [1.29, 1.82) is 0 Å². The van der Waals surface area contributed by atoms with Crippen molar-refractivity contribution in [3.05, 3.63) is 21.2 Å². The van der Waals surface area contributed by atoms with Gasteiger partial charge >= 0.3 is 0 Å². The lowest BCUT2D eigenvalue weighted by Gasteiger charge is -2.28. The monoisotopic (exact) mass is 312 g/mol. The topological polar surface area (TPSA) is 85.3 Å². The predicted molar refractivity (Wildman–Crippen MR) is 81.8 cm³/mol. The van der Waals surface area contributed by atoms with Gasteiger partial charge in [0.1, 0.15) is 11.2 Å². The van der Waals surface area contributed by atoms with Gasteiger partial charge in [0.2, 0.25) is 0 Å². The molecule has 0 atom stereocenters. The molecule has 0 saturated carbocycles. The molecule has 6 nitrogen and oxygen atoms in total. The Labute approximate surface area is 124 Å². The lowest BCUT2D eigenvalue weighted by Crippen LogP contribution is -2.30. The second-order valence-corrected chi connectivity index (χ2v) is 6.20. The number of hydrogen-bond acceptors (Lipinski definition) is 6. The van der Waals surface area contributed by atoms with E-state index in [2.05, 4.69) is 9.88 Å². The van der Waals surface area contributed by atoms with Gasteiger partial charge in [0, 0.05) is 19.2 Å². The van der Waals surface area contributed by atoms with Gasteiger partial charge in [-0.05, 0) is 19.3 Å². The van der Waals surface area contributed by atoms with E-state index < -0.39 is 0 Å². The number of thiazole rings is 1. The van der Waals surface area contributed by atoms with Crippen LogP contribution >= 0.6 is 22.9 Å². The van der Waals surface area contributed by atoms with Gasteiger partial charge < -0.3 is 10.6 Å². The van der Waals surface area contributed by atoms with Crippen molar-refractivity contribution in [2.45, 2.75) is 19.3 Å². The molecule has 8 heteroatoms. The molecule has 0 bridgehead atoms. The molecule has 0 unspecified atom stereocenters. The zero-order valence-corrected chi connectivity index (χ0v) is 12.2. The standard InChI is InChI=1S/C12H13ClN4O2S/c13-7-6-8(17(18)19)10(16-4-2-1-3-5-16)11-9(7)15-12(14)20-11/h6H,1-5H2,(H2,14,15). The van der Waals surface area contributed by atoms with Crippen LogP contribution in [0.25, 0.3) is 10.2 Å². The number of nitro benzene ring substituents is 1. The van der Waals surface area contributed by atoms with Gasteiger partial charge in [-0.2, -0.15) is 0 Å². The zero-order chi connectivity index (χ0) is 14.3. The molecule has 2 N–H and O–H groups in total. The van der Waals surface area contributed by atoms with Gasteiger partial charge in [-0.1, -0.05) is 22.9 Å². The minimum Gasteiger partial charge on any atom is -0.375 e. The summed E-state index contributed by atoms with van der Waals surface area (Å²) in [7, 11) is 0. The number of nitrogens with zero attached hydrogens (tertiary/aromatic N) is 3. The summed E-state index contributed by atoms with van der Waals surface area (Å²) < 4.78 is 0.712. The van der Waals surface area contributed by atoms with Gasteiger partial charge in [0.05, 0.1) is 14.6 Å². The van der Waals surface area contributed by atoms with Crippen molar-refractivity contribution < 1.29 is 4.92 Å². The van der Waals surface area contributed by atoms with Crippen molar-refractivity contribution in [2.75, 3.05) is 23.7 Å². The number of nitro groups is 1. The predicted octanol–water partition coefficient (Wildman–Crippen LogP) is 3.43. The lowest BCUT2D eigenvalue weighted by atomic mass is 10.1. The van der Waals surface area contributed by atoms with E-state index in [1.165, 1.54) is 17.4 Å². The van der Waals surface area contributed by atoms with Crippen LogP contribution in [0, 0.1) is 10.1 Å². The van der Waals surface area contributed by atoms with Crippen molar-refractivity contribution in [1.82, 2.24) is 4.98 Å². The van der Waals surface area contributed by atoms with Crippen molar-refractivity contribution in [3.63, 3.8) is 0 Å². The highest BCUT2D eigenvalue weighted by Gasteiger charge is 2.27. The highest BCUT2D eigenvalue weighted by Crippen LogP contribution is 2.44. The number of hydrogen-bond donors (Lipinski definition) is 1. The summed E-state index contributed by atoms with van der Waals surface area (Å²) in [5, 5.41) is 12.0. The average Bonchev–Trinajstić information content (AvgIpc) is 2.81. The number of halogens is 1. The number of nitrogen functional groups attached to an aromatic ring is 1. The van der Waals surface area contributed by atoms with Crippen LogP contribution in [0.15, 0.2) is 6.07 Å². The summed E-state index contributed by atoms with van der Waals surface area (Å²) in [6, 6.07) is 1.38. The summed E-state index contributed by atoms with van der Waals surface area (Å²) in [5.74, 6) is 0. The number of nitrogens with two attached hydrogens (primary N) is 1. The Morgan fingerprint density at radius 1 is 1.40 bits per heavy atom. The van der Waals surface area contributed by atoms with Crippen LogP contribution in [0.4, 0.5) is 16.5 Å². The minimum absolute atomic E-state index is 0.0352. The first-order valence-corrected chi connectivity index (χ1v) is 7.55. The summed E-state index contributed by atoms with van der Waals surface area (Å²) in [4.78, 5) is 17.2. The minimum atomic E-state index is -0.384. The molecule has 0 spiro atoms. The van der Waals surface area contributed by atoms with Gasteiger partial charge in [-0.3, -0.25) is 10.1 Å². The molecule has 1 saturated heterocycles. The summed E-state index contributed by atoms with van der Waals surface area (Å²) in [5.41, 5.74) is 6.95. The van der Waals surface area contributed by atoms with E-state index in [0.29, 0.717) is 21.0 Å². The number of benzene rings is 1. The Morgan fingerprint density at radius 3 is 2.75 bits per heavy atom. The van der Waals surface area contributed by atoms with E-state index in [4.69, 9.17) is 17.3 Å². The van der Waals surface area contributed by atoms with E-state index in [0.717, 1.165) is 32.4 Å². The summed E-state index contributed by atoms with van der Waals surface area (Å²) in [6.45, 7) is 1.63. The van der Waals surface area contributed by atoms with Crippen LogP contribution in [0.2, 0.25) is 5.02 Å². The number of anilines is 2. The van der Waals surface area contributed by atoms with Crippen molar-refractivity contribution >= 4 is 49.7 Å². The maximum absolute atomic E-state index is 11.3. The van der Waals surface area contributed by atoms with Gasteiger partial charge in [0.15, 0.2) is 5.13 Å². The average molecular weight is 313 g/mol. The third-order valence-electron chi connectivity index (χ3n) is 3.46. The number of fused-ring (bicyclic) bond motifs is 1. The molecule has 1 aliphatic rings. The Bertz CT molecular complexity index is 682. The molecule has 106 valence electrons. The lowest BCUT2D eigenvalue weighted by molar-refractivity contribution is -0.384. The maximum Gasteiger partial charge on any atom is 0.295 e. The zero-order valence-electron chi connectivity index (χ0n) is 10.6. The van der Waals surface area contributed by atoms with Crippen LogP contribution in [0.5, 0.6) is 0 Å². The van der Waals surface area contributed by atoms with Gasteiger partial charge in [-0.15, -0.1) is 0 Å². The third-order valence-corrected chi connectivity index (χ3v) is 4.64. The Hall–Kier alpha value is -1.60. The Balaban J connectivity index is 2.27. The molecule has 2 aromatic rings. The number of rotatable bonds is 2. The molecule has 1 aliphatic heterocycles. The van der Waals surface area contributed by atoms with Crippen molar-refractivity contribution in [2.24, 2.45) is 0 Å². The fraction of sp³-hybridized carbons (Fsp3) is 0.417. The fourth-order valence-corrected chi connectivity index (χ4v) is 3.82. The van der Waals surface area contributed by atoms with Gasteiger partial charge in [0.25, 0.3) is 5.69 Å². The van der Waals surface area contributed by atoms with E-state index in [1.807, 2.05) is 0 Å². The molecule has 1 aromatic heterocycles. The summed E-state index contributed by atoms with van der Waals surface area (Å²) >= 11 is 7.35. The smallest absolute Gasteiger partial charge is 0.295 e. The molecule has 0 aliphatic carbocycles. The molecule has 0 amide bonds. The first kappa shape index (κ1) is 13.4. The first-order chi connectivity index (χ1) is 9.58. The van der Waals surface area contributed by atoms with Crippen molar-refractivity contribution in [3.8, 4) is 0 Å². The molecule has 1 fully saturated rings. The third kappa shape index (κ3) is 2.16. The molecule has 3 rings (SSSR count). The van der Waals surface area contributed by atoms with Crippen LogP contribution in [0.3, 0.4) is 0 Å². The molecule has 20 heavy (non-hydrogen) atoms. The molecule has 0 radical (unpaired) electrons. The molecule has 1 aromatic carbocycles. The van der Waals surface area contributed by atoms with Crippen LogP contribution in [-0.4, -0.2) is 23.0 Å². The second kappa shape index (κ2) is 5.06. The van der Waals surface area contributed by atoms with E-state index in [1.54, 1.807) is 0 Å². The highest BCUT2D eigenvalue weighted by molar-refractivity contribution is 7.22. The van der Waals surface area contributed by atoms with E-state index >= 15 is 0 Å². The molecular formula is C12H13ClN4O2S. The van der Waals surface area contributed by atoms with E-state index in [9.17, 15) is 10.1 Å². The quantitative estimate of drug-likeness (QED) is 0.678. The summed E-state index contributed by atoms with van der Waals surface area (Å²) in [6.07, 6.45) is 3.23. The van der Waals surface area contributed by atoms with Crippen LogP contribution < -0.4 is 10.6 Å². The molecule has 2 heterocycles. The Morgan fingerprint density at radius 2 is 2.10 bits per heavy atom. The second-order valence-electron chi connectivity index (χ2n) is 4.76. The largest absolute Gasteiger partial charge is 0.375 e. The molecular weight excluding hydrogens is 300 g/mol. The Kier molecular flexibility index (Phi) is 3.39. The van der Waals surface area contributed by atoms with Crippen LogP contribution in [-0.2, 0) is 0 Å². The maximum atomic E-state index is 11.3. The normalized spacial score (nSPS) is 15.8. The fourth-order valence-electron chi connectivity index (χ4n) is 2.59. The number of aromatic nitrogens is 1. The van der Waals surface area contributed by atoms with Gasteiger partial charge in [-0.25, -0.2) is 4.98 Å². The highest BCUT2D eigenvalue weighted by atomic mass is 35.5. The van der Waals surface area contributed by atoms with E-state index in [-0.39, 0.29) is 15.6 Å². The number of piperidine rings is 1. The van der Waals surface area contributed by atoms with Crippen LogP contribution in [0.1, 0.15) is 19.3 Å². The SMILES string of the molecule is Nc1nc2c(Cl)cc([N+](=O)[O-])c(N3CCCCC3)c2s1.